The van der Waals surface area contributed by atoms with Crippen LogP contribution >= 0.6 is 12.2 Å². The second-order valence-electron chi connectivity index (χ2n) is 6.24. The molecule has 1 saturated heterocycles. The Bertz CT molecular complexity index is 815. The topological polar surface area (TPSA) is 41.6 Å². The lowest BCUT2D eigenvalue weighted by Crippen LogP contribution is -2.30. The Morgan fingerprint density at radius 3 is 2.64 bits per heavy atom. The molecule has 128 valence electrons. The van der Waals surface area contributed by atoms with Crippen LogP contribution in [0.3, 0.4) is 0 Å². The third-order valence-electron chi connectivity index (χ3n) is 3.65. The zero-order valence-corrected chi connectivity index (χ0v) is 15.0. The number of rotatable bonds is 5. The van der Waals surface area contributed by atoms with Gasteiger partial charge in [0.2, 0.25) is 0 Å². The molecule has 5 heteroatoms. The van der Waals surface area contributed by atoms with Gasteiger partial charge in [0.25, 0.3) is 5.91 Å². The summed E-state index contributed by atoms with van der Waals surface area (Å²) in [4.78, 5) is 14.2. The van der Waals surface area contributed by atoms with E-state index in [1.807, 2.05) is 54.6 Å². The normalized spacial score (nSPS) is 15.8. The summed E-state index contributed by atoms with van der Waals surface area (Å²) in [7, 11) is 0. The van der Waals surface area contributed by atoms with Gasteiger partial charge in [-0.3, -0.25) is 9.69 Å². The minimum Gasteiger partial charge on any atom is -0.493 e. The van der Waals surface area contributed by atoms with Crippen molar-refractivity contribution in [2.75, 3.05) is 11.5 Å². The van der Waals surface area contributed by atoms with Gasteiger partial charge in [0, 0.05) is 0 Å². The molecule has 1 heterocycles. The lowest BCUT2D eigenvalue weighted by Gasteiger charge is -2.13. The quantitative estimate of drug-likeness (QED) is 0.653. The number of carbonyl (C=O) groups is 1. The van der Waals surface area contributed by atoms with E-state index in [-0.39, 0.29) is 5.91 Å². The first-order valence-corrected chi connectivity index (χ1v) is 8.60. The fraction of sp³-hybridized carbons (Fsp3) is 0.200. The molecular weight excluding hydrogens is 332 g/mol. The molecule has 0 unspecified atom stereocenters. The molecule has 0 aromatic heterocycles. The second kappa shape index (κ2) is 7.49. The largest absolute Gasteiger partial charge is 0.493 e. The molecule has 25 heavy (non-hydrogen) atoms. The highest BCUT2D eigenvalue weighted by Gasteiger charge is 2.31. The number of para-hydroxylation sites is 1. The van der Waals surface area contributed by atoms with Crippen LogP contribution in [0.5, 0.6) is 5.75 Å². The Morgan fingerprint density at radius 1 is 1.16 bits per heavy atom. The van der Waals surface area contributed by atoms with E-state index < -0.39 is 0 Å². The van der Waals surface area contributed by atoms with Gasteiger partial charge in [0.05, 0.1) is 12.3 Å². The molecule has 1 fully saturated rings. The maximum atomic E-state index is 12.7. The lowest BCUT2D eigenvalue weighted by molar-refractivity contribution is -0.113. The molecule has 0 aliphatic carbocycles. The van der Waals surface area contributed by atoms with E-state index in [9.17, 15) is 4.79 Å². The van der Waals surface area contributed by atoms with E-state index in [1.54, 1.807) is 6.08 Å². The predicted molar refractivity (Wildman–Crippen MR) is 104 cm³/mol. The van der Waals surface area contributed by atoms with Crippen molar-refractivity contribution in [3.05, 3.63) is 65.9 Å². The number of nitrogens with zero attached hydrogens (tertiary/aromatic N) is 1. The fourth-order valence-electron chi connectivity index (χ4n) is 2.47. The molecule has 4 nitrogen and oxygen atoms in total. The second-order valence-corrected chi connectivity index (χ2v) is 6.63. The Kier molecular flexibility index (Phi) is 5.14. The van der Waals surface area contributed by atoms with Crippen molar-refractivity contribution >= 4 is 35.0 Å². The molecule has 0 saturated carbocycles. The lowest BCUT2D eigenvalue weighted by atomic mass is 10.1. The monoisotopic (exact) mass is 352 g/mol. The Balaban J connectivity index is 1.81. The van der Waals surface area contributed by atoms with Crippen LogP contribution in [0.25, 0.3) is 6.08 Å². The number of ether oxygens (including phenoxy) is 1. The van der Waals surface area contributed by atoms with Crippen LogP contribution in [-0.2, 0) is 4.79 Å². The van der Waals surface area contributed by atoms with Crippen LogP contribution < -0.4 is 15.0 Å². The summed E-state index contributed by atoms with van der Waals surface area (Å²) in [6.45, 7) is 4.86. The maximum absolute atomic E-state index is 12.7. The summed E-state index contributed by atoms with van der Waals surface area (Å²) in [5.41, 5.74) is 2.09. The molecule has 0 bridgehead atoms. The van der Waals surface area contributed by atoms with Gasteiger partial charge in [-0.05, 0) is 54.0 Å². The minimum atomic E-state index is -0.162. The van der Waals surface area contributed by atoms with Gasteiger partial charge in [-0.2, -0.15) is 0 Å². The zero-order chi connectivity index (χ0) is 17.8. The van der Waals surface area contributed by atoms with E-state index in [4.69, 9.17) is 17.0 Å². The maximum Gasteiger partial charge on any atom is 0.281 e. The van der Waals surface area contributed by atoms with Gasteiger partial charge in [-0.15, -0.1) is 0 Å². The van der Waals surface area contributed by atoms with Crippen molar-refractivity contribution in [3.8, 4) is 5.75 Å². The third-order valence-corrected chi connectivity index (χ3v) is 3.93. The predicted octanol–water partition coefficient (Wildman–Crippen LogP) is 3.98. The highest BCUT2D eigenvalue weighted by molar-refractivity contribution is 7.80. The summed E-state index contributed by atoms with van der Waals surface area (Å²) in [5.74, 6) is 1.08. The SMILES string of the molecule is CC(C)COc1cccc(/C=C2/NC(=S)N(c3ccccc3)C2=O)c1. The first kappa shape index (κ1) is 17.2. The minimum absolute atomic E-state index is 0.162. The van der Waals surface area contributed by atoms with Crippen molar-refractivity contribution < 1.29 is 9.53 Å². The standard InChI is InChI=1S/C20H20N2O2S/c1-14(2)13-24-17-10-6-7-15(11-17)12-18-19(23)22(20(25)21-18)16-8-4-3-5-9-16/h3-12,14H,13H2,1-2H3,(H,21,25)/b18-12+. The molecule has 2 aromatic carbocycles. The molecule has 1 N–H and O–H groups in total. The van der Waals surface area contributed by atoms with Crippen LogP contribution in [0.4, 0.5) is 5.69 Å². The molecule has 3 rings (SSSR count). The van der Waals surface area contributed by atoms with E-state index >= 15 is 0 Å². The molecule has 1 aliphatic rings. The number of amides is 1. The van der Waals surface area contributed by atoms with Gasteiger partial charge < -0.3 is 10.1 Å². The summed E-state index contributed by atoms with van der Waals surface area (Å²) < 4.78 is 5.74. The summed E-state index contributed by atoms with van der Waals surface area (Å²) >= 11 is 5.32. The van der Waals surface area contributed by atoms with Crippen molar-refractivity contribution in [1.29, 1.82) is 0 Å². The Labute approximate surface area is 153 Å². The van der Waals surface area contributed by atoms with Crippen LogP contribution in [0.2, 0.25) is 0 Å². The van der Waals surface area contributed by atoms with Gasteiger partial charge in [-0.1, -0.05) is 44.2 Å². The summed E-state index contributed by atoms with van der Waals surface area (Å²) in [6.07, 6.45) is 1.79. The van der Waals surface area contributed by atoms with Crippen molar-refractivity contribution in [1.82, 2.24) is 5.32 Å². The number of anilines is 1. The van der Waals surface area contributed by atoms with E-state index in [1.165, 1.54) is 4.90 Å². The van der Waals surface area contributed by atoms with Gasteiger partial charge in [0.15, 0.2) is 5.11 Å². The van der Waals surface area contributed by atoms with E-state index in [0.29, 0.717) is 23.3 Å². The molecule has 0 radical (unpaired) electrons. The molecule has 0 atom stereocenters. The summed E-state index contributed by atoms with van der Waals surface area (Å²) in [5, 5.41) is 3.38. The molecule has 1 aliphatic heterocycles. The van der Waals surface area contributed by atoms with Crippen molar-refractivity contribution in [2.45, 2.75) is 13.8 Å². The zero-order valence-electron chi connectivity index (χ0n) is 14.2. The van der Waals surface area contributed by atoms with Crippen molar-refractivity contribution in [2.24, 2.45) is 5.92 Å². The molecular formula is C20H20N2O2S. The van der Waals surface area contributed by atoms with Gasteiger partial charge in [-0.25, -0.2) is 0 Å². The molecule has 2 aromatic rings. The highest BCUT2D eigenvalue weighted by Crippen LogP contribution is 2.23. The van der Waals surface area contributed by atoms with Crippen LogP contribution in [0.15, 0.2) is 60.3 Å². The van der Waals surface area contributed by atoms with Crippen molar-refractivity contribution in [3.63, 3.8) is 0 Å². The molecule has 0 spiro atoms. The number of hydrogen-bond donors (Lipinski definition) is 1. The fourth-order valence-corrected chi connectivity index (χ4v) is 2.77. The van der Waals surface area contributed by atoms with Crippen LogP contribution in [0.1, 0.15) is 19.4 Å². The Morgan fingerprint density at radius 2 is 1.92 bits per heavy atom. The highest BCUT2D eigenvalue weighted by atomic mass is 32.1. The van der Waals surface area contributed by atoms with E-state index in [0.717, 1.165) is 17.0 Å². The number of benzene rings is 2. The first-order valence-electron chi connectivity index (χ1n) is 8.19. The number of hydrogen-bond acceptors (Lipinski definition) is 3. The number of nitrogens with one attached hydrogen (secondary N) is 1. The number of thiocarbonyl (C=S) groups is 1. The van der Waals surface area contributed by atoms with Crippen LogP contribution in [-0.4, -0.2) is 17.6 Å². The smallest absolute Gasteiger partial charge is 0.281 e. The summed E-state index contributed by atoms with van der Waals surface area (Å²) in [6, 6.07) is 17.0. The third kappa shape index (κ3) is 4.06. The average molecular weight is 352 g/mol. The van der Waals surface area contributed by atoms with E-state index in [2.05, 4.69) is 19.2 Å². The van der Waals surface area contributed by atoms with Gasteiger partial charge in [0.1, 0.15) is 11.4 Å². The first-order chi connectivity index (χ1) is 12.0. The average Bonchev–Trinajstić information content (AvgIpc) is 2.88. The molecule has 1 amide bonds. The van der Waals surface area contributed by atoms with Crippen LogP contribution in [0, 0.1) is 5.92 Å². The van der Waals surface area contributed by atoms with Gasteiger partial charge >= 0.3 is 0 Å². The Hall–Kier alpha value is -2.66. The number of carbonyl (C=O) groups excluding carboxylic acids is 1.